The van der Waals surface area contributed by atoms with E-state index in [-0.39, 0.29) is 54.1 Å². The Labute approximate surface area is 253 Å². The Balaban J connectivity index is 0.000000320. The number of aromatic nitrogens is 2. The molecule has 219 valence electrons. The standard InChI is InChI=1S/C17H4F4N3S.C13H24O2.Ir/c18-13-11-8(6-22)23-24-17(12(11)14(19)16(21)15(13)20)10-5-7-3-1-2-4-9(7)25-10;1-5-10(6-2)12(14)9-13(15)11(7-3)8-4;/h1-4H;9-11,14H,5-8H2,1-4H3;/q-1;;/b;12-9-;. The predicted octanol–water partition coefficient (Wildman–Crippen LogP) is 8.61. The van der Waals surface area contributed by atoms with Crippen molar-refractivity contribution in [3.63, 3.8) is 0 Å². The molecule has 0 bridgehead atoms. The van der Waals surface area contributed by atoms with Crippen LogP contribution in [0.1, 0.15) is 59.1 Å². The topological polar surface area (TPSA) is 86.9 Å². The average Bonchev–Trinajstić information content (AvgIpc) is 3.40. The summed E-state index contributed by atoms with van der Waals surface area (Å²) >= 11 is 1.16. The second kappa shape index (κ2) is 15.2. The van der Waals surface area contributed by atoms with Crippen molar-refractivity contribution in [3.05, 3.63) is 71.1 Å². The van der Waals surface area contributed by atoms with Gasteiger partial charge in [-0.15, -0.1) is 28.7 Å². The minimum absolute atomic E-state index is 0. The number of ketones is 1. The van der Waals surface area contributed by atoms with Crippen LogP contribution in [-0.2, 0) is 24.9 Å². The molecule has 0 amide bonds. The zero-order chi connectivity index (χ0) is 29.6. The van der Waals surface area contributed by atoms with E-state index in [1.54, 1.807) is 24.3 Å². The van der Waals surface area contributed by atoms with Gasteiger partial charge in [0.05, 0.1) is 11.1 Å². The summed E-state index contributed by atoms with van der Waals surface area (Å²) in [5.74, 6) is -6.72. The number of benzene rings is 2. The molecule has 0 fully saturated rings. The number of hydrogen-bond donors (Lipinski definition) is 1. The minimum Gasteiger partial charge on any atom is -0.512 e. The van der Waals surface area contributed by atoms with Crippen LogP contribution < -0.4 is 0 Å². The number of aliphatic hydroxyl groups excluding tert-OH is 1. The number of hydrogen-bond acceptors (Lipinski definition) is 6. The molecule has 2 aromatic heterocycles. The summed E-state index contributed by atoms with van der Waals surface area (Å²) in [6.45, 7) is 8.07. The van der Waals surface area contributed by atoms with Crippen molar-refractivity contribution in [1.82, 2.24) is 10.2 Å². The normalized spacial score (nSPS) is 11.4. The molecule has 4 aromatic rings. The second-order valence-electron chi connectivity index (χ2n) is 9.07. The van der Waals surface area contributed by atoms with Crippen LogP contribution in [0.25, 0.3) is 31.4 Å². The summed E-state index contributed by atoms with van der Waals surface area (Å²) < 4.78 is 56.7. The van der Waals surface area contributed by atoms with Gasteiger partial charge in [-0.25, -0.2) is 28.9 Å². The van der Waals surface area contributed by atoms with Gasteiger partial charge in [0.2, 0.25) is 0 Å². The predicted molar refractivity (Wildman–Crippen MR) is 148 cm³/mol. The van der Waals surface area contributed by atoms with Crippen molar-refractivity contribution in [2.45, 2.75) is 53.4 Å². The summed E-state index contributed by atoms with van der Waals surface area (Å²) in [6.07, 6.45) is 4.91. The molecule has 1 N–H and O–H groups in total. The first-order valence-corrected chi connectivity index (χ1v) is 13.7. The van der Waals surface area contributed by atoms with Gasteiger partial charge in [0.15, 0.2) is 34.7 Å². The van der Waals surface area contributed by atoms with Gasteiger partial charge in [-0.3, -0.25) is 4.79 Å². The third kappa shape index (κ3) is 7.18. The Morgan fingerprint density at radius 3 is 2.05 bits per heavy atom. The van der Waals surface area contributed by atoms with E-state index in [0.717, 1.165) is 41.7 Å². The Morgan fingerprint density at radius 1 is 0.951 bits per heavy atom. The van der Waals surface area contributed by atoms with Crippen LogP contribution in [0.4, 0.5) is 17.6 Å². The summed E-state index contributed by atoms with van der Waals surface area (Å²) in [6, 6.07) is 11.6. The van der Waals surface area contributed by atoms with Crippen molar-refractivity contribution in [3.8, 4) is 16.6 Å². The largest absolute Gasteiger partial charge is 0.512 e. The fraction of sp³-hybridized carbons (Fsp3) is 0.333. The molecular formula is C30H28F4IrN3O2S-. The molecule has 0 aliphatic rings. The van der Waals surface area contributed by atoms with Crippen LogP contribution in [0.2, 0.25) is 0 Å². The number of thiophene rings is 1. The molecule has 2 heterocycles. The van der Waals surface area contributed by atoms with Gasteiger partial charge >= 0.3 is 0 Å². The Hall–Kier alpha value is -3.19. The van der Waals surface area contributed by atoms with Crippen LogP contribution in [-0.4, -0.2) is 21.1 Å². The molecule has 0 aliphatic carbocycles. The van der Waals surface area contributed by atoms with Gasteiger partial charge in [-0.2, -0.15) is 10.4 Å². The fourth-order valence-electron chi connectivity index (χ4n) is 4.32. The Bertz CT molecular complexity index is 1580. The average molecular weight is 763 g/mol. The Morgan fingerprint density at radius 2 is 1.51 bits per heavy atom. The van der Waals surface area contributed by atoms with Crippen LogP contribution in [0.15, 0.2) is 36.1 Å². The van der Waals surface area contributed by atoms with Gasteiger partial charge in [-0.1, -0.05) is 39.8 Å². The van der Waals surface area contributed by atoms with E-state index < -0.39 is 39.7 Å². The number of nitriles is 1. The molecule has 41 heavy (non-hydrogen) atoms. The number of nitrogens with zero attached hydrogens (tertiary/aromatic N) is 3. The first-order chi connectivity index (χ1) is 19.1. The second-order valence-corrected chi connectivity index (χ2v) is 10.1. The molecule has 5 nitrogen and oxygen atoms in total. The van der Waals surface area contributed by atoms with Gasteiger partial charge in [-0.05, 0) is 35.3 Å². The van der Waals surface area contributed by atoms with Crippen LogP contribution in [0, 0.1) is 52.5 Å². The van der Waals surface area contributed by atoms with Crippen molar-refractivity contribution < 1.29 is 47.6 Å². The molecule has 0 spiro atoms. The number of aliphatic hydroxyl groups is 1. The van der Waals surface area contributed by atoms with E-state index in [0.29, 0.717) is 5.39 Å². The van der Waals surface area contributed by atoms with E-state index in [2.05, 4.69) is 16.3 Å². The third-order valence-corrected chi connectivity index (χ3v) is 7.82. The smallest absolute Gasteiger partial charge is 0.198 e. The Kier molecular flexibility index (Phi) is 12.6. The number of rotatable bonds is 8. The molecule has 0 aliphatic heterocycles. The molecule has 0 saturated carbocycles. The summed E-state index contributed by atoms with van der Waals surface area (Å²) in [5.41, 5.74) is -0.833. The van der Waals surface area contributed by atoms with E-state index in [9.17, 15) is 27.5 Å². The van der Waals surface area contributed by atoms with Gasteiger partial charge in [0, 0.05) is 49.1 Å². The monoisotopic (exact) mass is 763 g/mol. The van der Waals surface area contributed by atoms with E-state index in [1.807, 2.05) is 27.7 Å². The molecule has 0 unspecified atom stereocenters. The van der Waals surface area contributed by atoms with E-state index >= 15 is 0 Å². The van der Waals surface area contributed by atoms with E-state index in [1.165, 1.54) is 12.1 Å². The van der Waals surface area contributed by atoms with Crippen molar-refractivity contribution >= 4 is 38.0 Å². The summed E-state index contributed by atoms with van der Waals surface area (Å²) in [7, 11) is 0. The number of carbonyl (C=O) groups excluding carboxylic acids is 1. The third-order valence-electron chi connectivity index (χ3n) is 6.74. The zero-order valence-electron chi connectivity index (χ0n) is 22.8. The van der Waals surface area contributed by atoms with Crippen molar-refractivity contribution in [1.29, 1.82) is 5.26 Å². The molecule has 0 saturated heterocycles. The van der Waals surface area contributed by atoms with Crippen LogP contribution in [0.3, 0.4) is 0 Å². The fourth-order valence-corrected chi connectivity index (χ4v) is 5.31. The number of carbonyl (C=O) groups is 1. The van der Waals surface area contributed by atoms with Crippen LogP contribution in [0.5, 0.6) is 0 Å². The molecule has 1 radical (unpaired) electrons. The number of halogens is 4. The maximum Gasteiger partial charge on any atom is 0.198 e. The molecule has 0 atom stereocenters. The molecule has 4 rings (SSSR count). The zero-order valence-corrected chi connectivity index (χ0v) is 26.0. The van der Waals surface area contributed by atoms with Gasteiger partial charge in [0.25, 0.3) is 0 Å². The van der Waals surface area contributed by atoms with Gasteiger partial charge < -0.3 is 5.11 Å². The maximum absolute atomic E-state index is 14.4. The summed E-state index contributed by atoms with van der Waals surface area (Å²) in [5, 5.41) is 25.4. The van der Waals surface area contributed by atoms with Crippen molar-refractivity contribution in [2.75, 3.05) is 0 Å². The maximum atomic E-state index is 14.4. The van der Waals surface area contributed by atoms with Gasteiger partial charge in [0.1, 0.15) is 6.07 Å². The van der Waals surface area contributed by atoms with Crippen molar-refractivity contribution in [2.24, 2.45) is 11.8 Å². The number of fused-ring (bicyclic) bond motifs is 2. The quantitative estimate of drug-likeness (QED) is 0.0486. The van der Waals surface area contributed by atoms with E-state index in [4.69, 9.17) is 5.26 Å². The molecule has 2 aromatic carbocycles. The molecule has 11 heteroatoms. The van der Waals surface area contributed by atoms with Crippen LogP contribution >= 0.6 is 11.3 Å². The molecular weight excluding hydrogens is 735 g/mol. The first kappa shape index (κ1) is 34.0. The SMILES string of the molecule is CCC(CC)C(=O)/C=C(\O)C(CC)CC.N#Cc1nnc(-c2[c-]c3ccccc3s2)c2c(F)c(F)c(F)c(F)c12.[Ir]. The summed E-state index contributed by atoms with van der Waals surface area (Å²) in [4.78, 5) is 12.0. The first-order valence-electron chi connectivity index (χ1n) is 12.9. The minimum atomic E-state index is -2.00. The number of allylic oxidation sites excluding steroid dienone is 2.